The molecular weight excluding hydrogens is 390 g/mol. The molecule has 0 spiro atoms. The Morgan fingerprint density at radius 2 is 1.86 bits per heavy atom. The van der Waals surface area contributed by atoms with Gasteiger partial charge in [0, 0.05) is 43.3 Å². The van der Waals surface area contributed by atoms with Crippen molar-refractivity contribution in [1.29, 1.82) is 0 Å². The minimum atomic E-state index is -3.15. The second kappa shape index (κ2) is 7.64. The quantitative estimate of drug-likeness (QED) is 0.688. The van der Waals surface area contributed by atoms with Gasteiger partial charge in [-0.2, -0.15) is 9.40 Å². The minimum Gasteiger partial charge on any atom is -0.491 e. The van der Waals surface area contributed by atoms with Gasteiger partial charge in [0.2, 0.25) is 10.0 Å². The summed E-state index contributed by atoms with van der Waals surface area (Å²) in [6, 6.07) is 9.84. The highest BCUT2D eigenvalue weighted by atomic mass is 32.2. The summed E-state index contributed by atoms with van der Waals surface area (Å²) in [4.78, 5) is 6.60. The maximum atomic E-state index is 11.7. The smallest absolute Gasteiger partial charge is 0.211 e. The fourth-order valence-corrected chi connectivity index (χ4v) is 4.37. The molecule has 0 radical (unpaired) electrons. The number of hydrogen-bond acceptors (Lipinski definition) is 6. The Bertz CT molecular complexity index is 1120. The van der Waals surface area contributed by atoms with E-state index in [1.165, 1.54) is 10.6 Å². The van der Waals surface area contributed by atoms with E-state index < -0.39 is 10.0 Å². The van der Waals surface area contributed by atoms with Crippen LogP contribution in [0.2, 0.25) is 0 Å². The van der Waals surface area contributed by atoms with Crippen LogP contribution < -0.4 is 9.64 Å². The molecule has 3 heterocycles. The first kappa shape index (κ1) is 19.7. The Morgan fingerprint density at radius 1 is 1.10 bits per heavy atom. The number of pyridine rings is 1. The van der Waals surface area contributed by atoms with Crippen molar-refractivity contribution < 1.29 is 13.2 Å². The molecule has 0 atom stereocenters. The van der Waals surface area contributed by atoms with Crippen LogP contribution in [-0.2, 0) is 10.0 Å². The van der Waals surface area contributed by atoms with E-state index in [1.54, 1.807) is 6.20 Å². The van der Waals surface area contributed by atoms with Gasteiger partial charge >= 0.3 is 0 Å². The molecule has 1 N–H and O–H groups in total. The lowest BCUT2D eigenvalue weighted by atomic mass is 10.1. The summed E-state index contributed by atoms with van der Waals surface area (Å²) in [7, 11) is -3.15. The average molecular weight is 416 g/mol. The highest BCUT2D eigenvalue weighted by Crippen LogP contribution is 2.31. The summed E-state index contributed by atoms with van der Waals surface area (Å²) in [5, 5.41) is 8.57. The zero-order chi connectivity index (χ0) is 20.6. The maximum Gasteiger partial charge on any atom is 0.211 e. The molecule has 0 bridgehead atoms. The summed E-state index contributed by atoms with van der Waals surface area (Å²) in [6.45, 7) is 6.14. The van der Waals surface area contributed by atoms with Crippen LogP contribution in [0.25, 0.3) is 22.2 Å². The molecule has 1 fully saturated rings. The van der Waals surface area contributed by atoms with E-state index in [1.807, 2.05) is 44.2 Å². The molecular formula is C20H25N5O3S. The van der Waals surface area contributed by atoms with Crippen LogP contribution in [-0.4, -0.2) is 66.4 Å². The van der Waals surface area contributed by atoms with E-state index >= 15 is 0 Å². The third kappa shape index (κ3) is 4.20. The molecule has 0 unspecified atom stereocenters. The Morgan fingerprint density at radius 3 is 2.55 bits per heavy atom. The monoisotopic (exact) mass is 415 g/mol. The zero-order valence-corrected chi connectivity index (χ0v) is 17.6. The van der Waals surface area contributed by atoms with Crippen molar-refractivity contribution in [3.63, 3.8) is 0 Å². The zero-order valence-electron chi connectivity index (χ0n) is 16.8. The molecule has 1 aliphatic rings. The van der Waals surface area contributed by atoms with Crippen molar-refractivity contribution in [2.75, 3.05) is 37.3 Å². The van der Waals surface area contributed by atoms with Gasteiger partial charge in [-0.3, -0.25) is 5.10 Å². The van der Waals surface area contributed by atoms with Crippen molar-refractivity contribution in [2.24, 2.45) is 0 Å². The van der Waals surface area contributed by atoms with Crippen molar-refractivity contribution in [3.05, 3.63) is 36.5 Å². The van der Waals surface area contributed by atoms with Crippen molar-refractivity contribution >= 4 is 26.7 Å². The van der Waals surface area contributed by atoms with Crippen molar-refractivity contribution in [1.82, 2.24) is 19.5 Å². The number of fused-ring (bicyclic) bond motifs is 1. The molecule has 9 heteroatoms. The summed E-state index contributed by atoms with van der Waals surface area (Å²) in [6.07, 6.45) is 3.12. The van der Waals surface area contributed by atoms with Gasteiger partial charge in [0.25, 0.3) is 0 Å². The fraction of sp³-hybridized carbons (Fsp3) is 0.400. The topological polar surface area (TPSA) is 91.4 Å². The van der Waals surface area contributed by atoms with Crippen LogP contribution in [0.4, 0.5) is 5.82 Å². The third-order valence-corrected chi connectivity index (χ3v) is 6.26. The van der Waals surface area contributed by atoms with Crippen LogP contribution in [0.3, 0.4) is 0 Å². The fourth-order valence-electron chi connectivity index (χ4n) is 3.55. The second-order valence-corrected chi connectivity index (χ2v) is 9.48. The molecule has 3 aromatic rings. The average Bonchev–Trinajstić information content (AvgIpc) is 3.10. The normalized spacial score (nSPS) is 15.9. The number of aromatic nitrogens is 3. The Hall–Kier alpha value is -2.65. The summed E-state index contributed by atoms with van der Waals surface area (Å²) in [5.41, 5.74) is 2.73. The van der Waals surface area contributed by atoms with E-state index in [0.717, 1.165) is 33.7 Å². The van der Waals surface area contributed by atoms with E-state index in [4.69, 9.17) is 4.74 Å². The summed E-state index contributed by atoms with van der Waals surface area (Å²) < 4.78 is 30.8. The Labute approximate surface area is 170 Å². The highest BCUT2D eigenvalue weighted by molar-refractivity contribution is 7.88. The first-order valence-electron chi connectivity index (χ1n) is 9.62. The van der Waals surface area contributed by atoms with E-state index in [2.05, 4.69) is 20.1 Å². The number of ether oxygens (including phenoxy) is 1. The molecule has 154 valence electrons. The number of benzene rings is 1. The van der Waals surface area contributed by atoms with Crippen molar-refractivity contribution in [2.45, 2.75) is 20.0 Å². The molecule has 1 saturated heterocycles. The highest BCUT2D eigenvalue weighted by Gasteiger charge is 2.24. The van der Waals surface area contributed by atoms with Crippen LogP contribution in [0.1, 0.15) is 13.8 Å². The molecule has 2 aromatic heterocycles. The van der Waals surface area contributed by atoms with Gasteiger partial charge in [-0.15, -0.1) is 0 Å². The maximum absolute atomic E-state index is 11.7. The number of nitrogens with zero attached hydrogens (tertiary/aromatic N) is 4. The summed E-state index contributed by atoms with van der Waals surface area (Å²) >= 11 is 0. The van der Waals surface area contributed by atoms with Gasteiger partial charge in [-0.1, -0.05) is 0 Å². The molecule has 1 aliphatic heterocycles. The van der Waals surface area contributed by atoms with Crippen molar-refractivity contribution in [3.8, 4) is 17.0 Å². The van der Waals surface area contributed by atoms with Gasteiger partial charge in [0.15, 0.2) is 0 Å². The molecule has 8 nitrogen and oxygen atoms in total. The van der Waals surface area contributed by atoms with Gasteiger partial charge < -0.3 is 9.64 Å². The Kier molecular flexibility index (Phi) is 5.18. The molecule has 1 aromatic carbocycles. The molecule has 0 aliphatic carbocycles. The lowest BCUT2D eigenvalue weighted by Crippen LogP contribution is -2.48. The Balaban J connectivity index is 1.61. The predicted molar refractivity (Wildman–Crippen MR) is 114 cm³/mol. The van der Waals surface area contributed by atoms with Gasteiger partial charge in [0.05, 0.1) is 17.9 Å². The van der Waals surface area contributed by atoms with Crippen LogP contribution in [0, 0.1) is 0 Å². The van der Waals surface area contributed by atoms with Gasteiger partial charge in [-0.05, 0) is 44.2 Å². The minimum absolute atomic E-state index is 0.0981. The summed E-state index contributed by atoms with van der Waals surface area (Å²) in [5.74, 6) is 1.63. The lowest BCUT2D eigenvalue weighted by Gasteiger charge is -2.34. The van der Waals surface area contributed by atoms with E-state index in [0.29, 0.717) is 26.2 Å². The molecule has 4 rings (SSSR count). The van der Waals surface area contributed by atoms with Crippen LogP contribution in [0.15, 0.2) is 36.5 Å². The number of sulfonamides is 1. The third-order valence-electron chi connectivity index (χ3n) is 4.96. The van der Waals surface area contributed by atoms with Crippen LogP contribution >= 0.6 is 0 Å². The first-order chi connectivity index (χ1) is 13.8. The lowest BCUT2D eigenvalue weighted by molar-refractivity contribution is 0.243. The number of aromatic amines is 1. The standard InChI is InChI=1S/C20H25N5O3S/c1-14(2)28-16-4-5-18-17(13-16)20(23-22-18)15-6-7-21-19(12-15)24-8-10-25(11-9-24)29(3,26)27/h4-7,12-14H,8-11H2,1-3H3,(H,22,23). The SMILES string of the molecule is CC(C)Oc1ccc2[nH]nc(-c3ccnc(N4CCN(S(C)(=O)=O)CC4)c3)c2c1. The number of H-pyrrole nitrogens is 1. The van der Waals surface area contributed by atoms with Gasteiger partial charge in [0.1, 0.15) is 17.3 Å². The second-order valence-electron chi connectivity index (χ2n) is 7.50. The molecule has 29 heavy (non-hydrogen) atoms. The largest absolute Gasteiger partial charge is 0.491 e. The number of nitrogens with one attached hydrogen (secondary N) is 1. The predicted octanol–water partition coefficient (Wildman–Crippen LogP) is 2.49. The number of piperazine rings is 1. The number of rotatable bonds is 5. The van der Waals surface area contributed by atoms with E-state index in [9.17, 15) is 8.42 Å². The van der Waals surface area contributed by atoms with E-state index in [-0.39, 0.29) is 6.10 Å². The van der Waals surface area contributed by atoms with Crippen LogP contribution in [0.5, 0.6) is 5.75 Å². The number of hydrogen-bond donors (Lipinski definition) is 1. The first-order valence-corrected chi connectivity index (χ1v) is 11.5. The molecule has 0 saturated carbocycles. The number of anilines is 1. The molecule has 0 amide bonds. The van der Waals surface area contributed by atoms with Gasteiger partial charge in [-0.25, -0.2) is 13.4 Å².